The Morgan fingerprint density at radius 2 is 1.72 bits per heavy atom. The van der Waals surface area contributed by atoms with Gasteiger partial charge in [-0.15, -0.1) is 0 Å². The van der Waals surface area contributed by atoms with Crippen molar-refractivity contribution >= 4 is 15.9 Å². The number of aliphatic hydroxyl groups excluding tert-OH is 1. The maximum atomic E-state index is 10.2. The van der Waals surface area contributed by atoms with Crippen LogP contribution >= 0.6 is 15.9 Å². The molecule has 2 nitrogen and oxygen atoms in total. The van der Waals surface area contributed by atoms with Crippen molar-refractivity contribution < 1.29 is 9.52 Å². The first kappa shape index (κ1) is 13.4. The molecule has 2 rings (SSSR count). The summed E-state index contributed by atoms with van der Waals surface area (Å²) in [7, 11) is 0. The van der Waals surface area contributed by atoms with E-state index in [0.717, 1.165) is 10.0 Å². The largest absolute Gasteiger partial charge is 0.465 e. The molecule has 1 aromatic heterocycles. The van der Waals surface area contributed by atoms with Crippen LogP contribution in [-0.4, -0.2) is 5.11 Å². The van der Waals surface area contributed by atoms with Crippen LogP contribution in [0.1, 0.15) is 43.8 Å². The summed E-state index contributed by atoms with van der Waals surface area (Å²) in [4.78, 5) is 0. The van der Waals surface area contributed by atoms with Crippen LogP contribution in [-0.2, 0) is 5.41 Å². The minimum absolute atomic E-state index is 0.120. The minimum Gasteiger partial charge on any atom is -0.465 e. The predicted molar refractivity (Wildman–Crippen MR) is 75.6 cm³/mol. The fourth-order valence-electron chi connectivity index (χ4n) is 1.82. The highest BCUT2D eigenvalue weighted by Crippen LogP contribution is 2.30. The zero-order valence-corrected chi connectivity index (χ0v) is 12.4. The van der Waals surface area contributed by atoms with E-state index >= 15 is 0 Å². The Hall–Kier alpha value is -1.06. The van der Waals surface area contributed by atoms with Crippen molar-refractivity contribution in [3.05, 3.63) is 58.0 Å². The number of furan rings is 1. The van der Waals surface area contributed by atoms with Crippen LogP contribution in [0.3, 0.4) is 0 Å². The highest BCUT2D eigenvalue weighted by atomic mass is 79.9. The van der Waals surface area contributed by atoms with Gasteiger partial charge in [0.15, 0.2) is 5.76 Å². The Morgan fingerprint density at radius 1 is 1.11 bits per heavy atom. The molecule has 1 aromatic carbocycles. The summed E-state index contributed by atoms with van der Waals surface area (Å²) in [5.41, 5.74) is 2.20. The fraction of sp³-hybridized carbons (Fsp3) is 0.333. The second-order valence-corrected chi connectivity index (χ2v) is 6.26. The summed E-state index contributed by atoms with van der Waals surface area (Å²) in [5, 5.41) is 10.2. The summed E-state index contributed by atoms with van der Waals surface area (Å²) in [5.74, 6) is 0.540. The zero-order valence-electron chi connectivity index (χ0n) is 10.8. The van der Waals surface area contributed by atoms with E-state index in [2.05, 4.69) is 48.8 Å². The van der Waals surface area contributed by atoms with Crippen LogP contribution in [0, 0.1) is 0 Å². The molecule has 0 fully saturated rings. The lowest BCUT2D eigenvalue weighted by Crippen LogP contribution is -2.11. The standard InChI is InChI=1S/C15H17BrO2/c1-15(2,3)11-6-4-10(5-7-11)13(17)14-12(16)8-9-18-14/h4-9,13,17H,1-3H3. The van der Waals surface area contributed by atoms with Crippen LogP contribution in [0.4, 0.5) is 0 Å². The van der Waals surface area contributed by atoms with Gasteiger partial charge in [0, 0.05) is 0 Å². The van der Waals surface area contributed by atoms with Crippen molar-refractivity contribution in [3.8, 4) is 0 Å². The van der Waals surface area contributed by atoms with Gasteiger partial charge in [-0.05, 0) is 38.5 Å². The maximum Gasteiger partial charge on any atom is 0.150 e. The molecule has 18 heavy (non-hydrogen) atoms. The molecular weight excluding hydrogens is 292 g/mol. The summed E-state index contributed by atoms with van der Waals surface area (Å²) in [6, 6.07) is 9.77. The van der Waals surface area contributed by atoms with Crippen molar-refractivity contribution in [2.75, 3.05) is 0 Å². The molecule has 0 saturated carbocycles. The van der Waals surface area contributed by atoms with Gasteiger partial charge in [0.25, 0.3) is 0 Å². The molecule has 1 N–H and O–H groups in total. The van der Waals surface area contributed by atoms with E-state index in [4.69, 9.17) is 4.42 Å². The molecule has 2 aromatic rings. The van der Waals surface area contributed by atoms with E-state index < -0.39 is 6.10 Å². The number of hydrogen-bond acceptors (Lipinski definition) is 2. The Bertz CT molecular complexity index is 520. The number of rotatable bonds is 2. The SMILES string of the molecule is CC(C)(C)c1ccc(C(O)c2occc2Br)cc1. The van der Waals surface area contributed by atoms with Crippen LogP contribution in [0.2, 0.25) is 0 Å². The molecule has 3 heteroatoms. The molecule has 1 unspecified atom stereocenters. The average molecular weight is 309 g/mol. The first-order valence-electron chi connectivity index (χ1n) is 5.91. The smallest absolute Gasteiger partial charge is 0.150 e. The van der Waals surface area contributed by atoms with E-state index in [0.29, 0.717) is 5.76 Å². The first-order valence-corrected chi connectivity index (χ1v) is 6.70. The molecule has 0 aliphatic heterocycles. The molecule has 0 aliphatic rings. The molecule has 0 bridgehead atoms. The lowest BCUT2D eigenvalue weighted by atomic mass is 9.86. The monoisotopic (exact) mass is 308 g/mol. The van der Waals surface area contributed by atoms with Gasteiger partial charge in [-0.25, -0.2) is 0 Å². The average Bonchev–Trinajstić information content (AvgIpc) is 2.73. The molecule has 0 radical (unpaired) electrons. The molecule has 0 amide bonds. The molecule has 1 atom stereocenters. The Morgan fingerprint density at radius 3 is 2.17 bits per heavy atom. The third-order valence-electron chi connectivity index (χ3n) is 2.99. The number of benzene rings is 1. The van der Waals surface area contributed by atoms with Gasteiger partial charge >= 0.3 is 0 Å². The normalized spacial score (nSPS) is 13.6. The Labute approximate surface area is 116 Å². The van der Waals surface area contributed by atoms with Crippen LogP contribution in [0.25, 0.3) is 0 Å². The van der Waals surface area contributed by atoms with Gasteiger partial charge < -0.3 is 9.52 Å². The molecule has 0 aliphatic carbocycles. The second-order valence-electron chi connectivity index (χ2n) is 5.41. The van der Waals surface area contributed by atoms with Gasteiger partial charge in [-0.1, -0.05) is 45.0 Å². The van der Waals surface area contributed by atoms with Gasteiger partial charge in [-0.3, -0.25) is 0 Å². The number of hydrogen-bond donors (Lipinski definition) is 1. The Kier molecular flexibility index (Phi) is 3.64. The summed E-state index contributed by atoms with van der Waals surface area (Å²) < 4.78 is 6.07. The third kappa shape index (κ3) is 2.68. The van der Waals surface area contributed by atoms with Crippen LogP contribution < -0.4 is 0 Å². The summed E-state index contributed by atoms with van der Waals surface area (Å²) >= 11 is 3.36. The van der Waals surface area contributed by atoms with Crippen LogP contribution in [0.5, 0.6) is 0 Å². The second kappa shape index (κ2) is 4.90. The van der Waals surface area contributed by atoms with Gasteiger partial charge in [0.2, 0.25) is 0 Å². The molecule has 0 saturated heterocycles. The summed E-state index contributed by atoms with van der Waals surface area (Å²) in [6.45, 7) is 6.50. The van der Waals surface area contributed by atoms with E-state index in [1.165, 1.54) is 5.56 Å². The van der Waals surface area contributed by atoms with E-state index in [9.17, 15) is 5.11 Å². The topological polar surface area (TPSA) is 33.4 Å². The maximum absolute atomic E-state index is 10.2. The van der Waals surface area contributed by atoms with Crippen molar-refractivity contribution in [3.63, 3.8) is 0 Å². The molecule has 1 heterocycles. The van der Waals surface area contributed by atoms with Gasteiger partial charge in [0.1, 0.15) is 6.10 Å². The van der Waals surface area contributed by atoms with E-state index in [1.807, 2.05) is 12.1 Å². The van der Waals surface area contributed by atoms with Gasteiger partial charge in [0.05, 0.1) is 10.7 Å². The number of halogens is 1. The van der Waals surface area contributed by atoms with Crippen molar-refractivity contribution in [2.24, 2.45) is 0 Å². The minimum atomic E-state index is -0.733. The van der Waals surface area contributed by atoms with E-state index in [-0.39, 0.29) is 5.41 Å². The highest BCUT2D eigenvalue weighted by Gasteiger charge is 2.18. The highest BCUT2D eigenvalue weighted by molar-refractivity contribution is 9.10. The molecule has 0 spiro atoms. The Balaban J connectivity index is 2.28. The summed E-state index contributed by atoms with van der Waals surface area (Å²) in [6.07, 6.45) is 0.829. The van der Waals surface area contributed by atoms with E-state index in [1.54, 1.807) is 12.3 Å². The zero-order chi connectivity index (χ0) is 13.3. The number of aliphatic hydroxyl groups is 1. The van der Waals surface area contributed by atoms with Crippen molar-refractivity contribution in [2.45, 2.75) is 32.3 Å². The van der Waals surface area contributed by atoms with Crippen molar-refractivity contribution in [1.29, 1.82) is 0 Å². The third-order valence-corrected chi connectivity index (χ3v) is 3.64. The van der Waals surface area contributed by atoms with Crippen molar-refractivity contribution in [1.82, 2.24) is 0 Å². The predicted octanol–water partition coefficient (Wildman–Crippen LogP) is 4.42. The first-order chi connectivity index (χ1) is 8.39. The van der Waals surface area contributed by atoms with Gasteiger partial charge in [-0.2, -0.15) is 0 Å². The molecular formula is C15H17BrO2. The molecule has 96 valence electrons. The van der Waals surface area contributed by atoms with Crippen LogP contribution in [0.15, 0.2) is 45.5 Å². The quantitative estimate of drug-likeness (QED) is 0.891. The lowest BCUT2D eigenvalue weighted by molar-refractivity contribution is 0.188. The fourth-order valence-corrected chi connectivity index (χ4v) is 2.24. The lowest BCUT2D eigenvalue weighted by Gasteiger charge is -2.19.